The summed E-state index contributed by atoms with van der Waals surface area (Å²) in [6.45, 7) is 2.89. The first kappa shape index (κ1) is 15.6. The molecule has 1 aromatic carbocycles. The van der Waals surface area contributed by atoms with Crippen molar-refractivity contribution in [3.8, 4) is 5.75 Å². The number of carbonyl (C=O) groups excluding carboxylic acids is 1. The lowest BCUT2D eigenvalue weighted by Gasteiger charge is -2.21. The molecule has 0 saturated heterocycles. The maximum atomic E-state index is 12.2. The standard InChI is InChI=1S/C17H21N3O3/c1-12-9-16(19-23-12)18-17(21)11-20(14-5-6-14)10-13-3-7-15(22-2)8-4-13/h3-4,7-9,14H,5-6,10-11H2,1-2H3,(H,18,19,21). The first-order chi connectivity index (χ1) is 11.1. The Morgan fingerprint density at radius 3 is 2.70 bits per heavy atom. The second kappa shape index (κ2) is 6.83. The highest BCUT2D eigenvalue weighted by Gasteiger charge is 2.30. The Bertz CT molecular complexity index is 662. The van der Waals surface area contributed by atoms with Crippen molar-refractivity contribution in [2.45, 2.75) is 32.4 Å². The summed E-state index contributed by atoms with van der Waals surface area (Å²) in [6, 6.07) is 10.2. The Labute approximate surface area is 135 Å². The summed E-state index contributed by atoms with van der Waals surface area (Å²) in [7, 11) is 1.65. The van der Waals surface area contributed by atoms with E-state index in [1.165, 1.54) is 5.56 Å². The molecule has 1 aromatic heterocycles. The second-order valence-corrected chi connectivity index (χ2v) is 5.86. The number of methoxy groups -OCH3 is 1. The van der Waals surface area contributed by atoms with E-state index in [1.54, 1.807) is 20.1 Å². The Morgan fingerprint density at radius 2 is 2.13 bits per heavy atom. The third-order valence-electron chi connectivity index (χ3n) is 3.85. The fourth-order valence-corrected chi connectivity index (χ4v) is 2.51. The van der Waals surface area contributed by atoms with E-state index in [0.29, 0.717) is 24.2 Å². The van der Waals surface area contributed by atoms with Crippen molar-refractivity contribution in [3.05, 3.63) is 41.7 Å². The number of rotatable bonds is 7. The summed E-state index contributed by atoms with van der Waals surface area (Å²) in [5, 5.41) is 6.56. The van der Waals surface area contributed by atoms with Crippen molar-refractivity contribution in [1.29, 1.82) is 0 Å². The van der Waals surface area contributed by atoms with E-state index in [9.17, 15) is 4.79 Å². The largest absolute Gasteiger partial charge is 0.497 e. The van der Waals surface area contributed by atoms with E-state index in [1.807, 2.05) is 24.3 Å². The average molecular weight is 315 g/mol. The number of hydrogen-bond acceptors (Lipinski definition) is 5. The summed E-state index contributed by atoms with van der Waals surface area (Å²) in [5.41, 5.74) is 1.17. The van der Waals surface area contributed by atoms with Gasteiger partial charge in [0.2, 0.25) is 5.91 Å². The van der Waals surface area contributed by atoms with Crippen LogP contribution in [-0.2, 0) is 11.3 Å². The molecule has 122 valence electrons. The zero-order chi connectivity index (χ0) is 16.2. The fourth-order valence-electron chi connectivity index (χ4n) is 2.51. The number of nitrogens with one attached hydrogen (secondary N) is 1. The van der Waals surface area contributed by atoms with E-state index < -0.39 is 0 Å². The lowest BCUT2D eigenvalue weighted by Crippen LogP contribution is -2.34. The van der Waals surface area contributed by atoms with Gasteiger partial charge in [-0.05, 0) is 37.5 Å². The molecule has 3 rings (SSSR count). The van der Waals surface area contributed by atoms with Gasteiger partial charge in [0, 0.05) is 18.7 Å². The molecule has 6 heteroatoms. The van der Waals surface area contributed by atoms with Crippen LogP contribution in [0.3, 0.4) is 0 Å². The lowest BCUT2D eigenvalue weighted by atomic mass is 10.2. The van der Waals surface area contributed by atoms with Crippen molar-refractivity contribution in [2.24, 2.45) is 0 Å². The van der Waals surface area contributed by atoms with E-state index >= 15 is 0 Å². The number of aryl methyl sites for hydroxylation is 1. The molecule has 1 fully saturated rings. The number of nitrogens with zero attached hydrogens (tertiary/aromatic N) is 2. The number of ether oxygens (including phenoxy) is 1. The van der Waals surface area contributed by atoms with Crippen molar-refractivity contribution >= 4 is 11.7 Å². The normalized spacial score (nSPS) is 14.0. The van der Waals surface area contributed by atoms with Gasteiger partial charge < -0.3 is 14.6 Å². The highest BCUT2D eigenvalue weighted by Crippen LogP contribution is 2.28. The summed E-state index contributed by atoms with van der Waals surface area (Å²) < 4.78 is 10.1. The Kier molecular flexibility index (Phi) is 4.62. The quantitative estimate of drug-likeness (QED) is 0.850. The van der Waals surface area contributed by atoms with Gasteiger partial charge in [-0.25, -0.2) is 0 Å². The number of hydrogen-bond donors (Lipinski definition) is 1. The lowest BCUT2D eigenvalue weighted by molar-refractivity contribution is -0.117. The van der Waals surface area contributed by atoms with Gasteiger partial charge in [-0.2, -0.15) is 0 Å². The molecule has 0 radical (unpaired) electrons. The van der Waals surface area contributed by atoms with Crippen LogP contribution < -0.4 is 10.1 Å². The topological polar surface area (TPSA) is 67.6 Å². The minimum Gasteiger partial charge on any atom is -0.497 e. The minimum absolute atomic E-state index is 0.0706. The first-order valence-corrected chi connectivity index (χ1v) is 7.74. The number of aromatic nitrogens is 1. The number of carbonyl (C=O) groups is 1. The van der Waals surface area contributed by atoms with Crippen LogP contribution in [0, 0.1) is 6.92 Å². The van der Waals surface area contributed by atoms with E-state index in [0.717, 1.165) is 25.1 Å². The summed E-state index contributed by atoms with van der Waals surface area (Å²) in [5.74, 6) is 1.91. The maximum Gasteiger partial charge on any atom is 0.239 e. The summed E-state index contributed by atoms with van der Waals surface area (Å²) in [6.07, 6.45) is 2.29. The summed E-state index contributed by atoms with van der Waals surface area (Å²) >= 11 is 0. The van der Waals surface area contributed by atoms with E-state index in [2.05, 4.69) is 15.4 Å². The van der Waals surface area contributed by atoms with Crippen molar-refractivity contribution in [3.63, 3.8) is 0 Å². The molecule has 0 spiro atoms. The molecular formula is C17H21N3O3. The molecule has 1 N–H and O–H groups in total. The molecular weight excluding hydrogens is 294 g/mol. The summed E-state index contributed by atoms with van der Waals surface area (Å²) in [4.78, 5) is 14.4. The molecule has 6 nitrogen and oxygen atoms in total. The number of amides is 1. The molecule has 23 heavy (non-hydrogen) atoms. The Balaban J connectivity index is 1.58. The molecule has 0 aliphatic heterocycles. The van der Waals surface area contributed by atoms with Crippen LogP contribution in [0.4, 0.5) is 5.82 Å². The molecule has 2 aromatic rings. The van der Waals surface area contributed by atoms with Gasteiger partial charge in [0.1, 0.15) is 11.5 Å². The highest BCUT2D eigenvalue weighted by molar-refractivity contribution is 5.91. The predicted octanol–water partition coefficient (Wildman–Crippen LogP) is 2.59. The molecule has 1 amide bonds. The second-order valence-electron chi connectivity index (χ2n) is 5.86. The van der Waals surface area contributed by atoms with Gasteiger partial charge in [-0.3, -0.25) is 9.69 Å². The van der Waals surface area contributed by atoms with Gasteiger partial charge >= 0.3 is 0 Å². The van der Waals surface area contributed by atoms with Crippen molar-refractivity contribution in [2.75, 3.05) is 19.0 Å². The maximum absolute atomic E-state index is 12.2. The van der Waals surface area contributed by atoms with Crippen LogP contribution in [0.25, 0.3) is 0 Å². The Hall–Kier alpha value is -2.34. The van der Waals surface area contributed by atoms with Gasteiger partial charge in [0.15, 0.2) is 5.82 Å². The minimum atomic E-state index is -0.0706. The number of benzene rings is 1. The van der Waals surface area contributed by atoms with Gasteiger partial charge in [-0.15, -0.1) is 0 Å². The van der Waals surface area contributed by atoms with E-state index in [-0.39, 0.29) is 5.91 Å². The third-order valence-corrected chi connectivity index (χ3v) is 3.85. The van der Waals surface area contributed by atoms with Crippen molar-refractivity contribution in [1.82, 2.24) is 10.1 Å². The molecule has 0 atom stereocenters. The molecule has 1 aliphatic rings. The smallest absolute Gasteiger partial charge is 0.239 e. The van der Waals surface area contributed by atoms with Crippen molar-refractivity contribution < 1.29 is 14.1 Å². The third kappa shape index (κ3) is 4.32. The Morgan fingerprint density at radius 1 is 1.39 bits per heavy atom. The monoisotopic (exact) mass is 315 g/mol. The van der Waals surface area contributed by atoms with Gasteiger partial charge in [-0.1, -0.05) is 17.3 Å². The molecule has 0 bridgehead atoms. The zero-order valence-corrected chi connectivity index (χ0v) is 13.4. The van der Waals surface area contributed by atoms with Gasteiger partial charge in [0.25, 0.3) is 0 Å². The van der Waals surface area contributed by atoms with Crippen LogP contribution in [0.5, 0.6) is 5.75 Å². The molecule has 0 unspecified atom stereocenters. The average Bonchev–Trinajstić information content (AvgIpc) is 3.31. The van der Waals surface area contributed by atoms with Crippen LogP contribution in [0.15, 0.2) is 34.9 Å². The molecule has 1 saturated carbocycles. The van der Waals surface area contributed by atoms with Crippen LogP contribution in [-0.4, -0.2) is 35.7 Å². The van der Waals surface area contributed by atoms with Crippen LogP contribution in [0.2, 0.25) is 0 Å². The molecule has 1 aliphatic carbocycles. The van der Waals surface area contributed by atoms with Gasteiger partial charge in [0.05, 0.1) is 13.7 Å². The SMILES string of the molecule is COc1ccc(CN(CC(=O)Nc2cc(C)on2)C2CC2)cc1. The first-order valence-electron chi connectivity index (χ1n) is 7.74. The van der Waals surface area contributed by atoms with Crippen LogP contribution >= 0.6 is 0 Å². The van der Waals surface area contributed by atoms with E-state index in [4.69, 9.17) is 9.26 Å². The zero-order valence-electron chi connectivity index (χ0n) is 13.4. The molecule has 1 heterocycles. The predicted molar refractivity (Wildman–Crippen MR) is 86.3 cm³/mol. The van der Waals surface area contributed by atoms with Crippen LogP contribution in [0.1, 0.15) is 24.2 Å². The highest BCUT2D eigenvalue weighted by atomic mass is 16.5. The number of anilines is 1. The fraction of sp³-hybridized carbons (Fsp3) is 0.412.